The predicted molar refractivity (Wildman–Crippen MR) is 61.3 cm³/mol. The minimum Gasteiger partial charge on any atom is -0.467 e. The first kappa shape index (κ1) is 14.8. The number of benzene rings is 1. The van der Waals surface area contributed by atoms with Crippen LogP contribution in [0.1, 0.15) is 24.1 Å². The molecule has 0 unspecified atom stereocenters. The maximum atomic E-state index is 11.9. The van der Waals surface area contributed by atoms with Crippen LogP contribution < -0.4 is 10.5 Å². The minimum atomic E-state index is -4.35. The van der Waals surface area contributed by atoms with Gasteiger partial charge < -0.3 is 15.2 Å². The number of hydrogen-bond acceptors (Lipinski definition) is 3. The summed E-state index contributed by atoms with van der Waals surface area (Å²) in [7, 11) is 0. The molecule has 0 aliphatic rings. The highest BCUT2D eigenvalue weighted by atomic mass is 19.4. The molecule has 0 bridgehead atoms. The molecule has 0 aliphatic carbocycles. The van der Waals surface area contributed by atoms with Crippen LogP contribution in [0.3, 0.4) is 0 Å². The van der Waals surface area contributed by atoms with Gasteiger partial charge >= 0.3 is 6.18 Å². The van der Waals surface area contributed by atoms with E-state index in [1.807, 2.05) is 13.0 Å². The van der Waals surface area contributed by atoms with E-state index in [0.717, 1.165) is 11.1 Å². The van der Waals surface area contributed by atoms with Crippen LogP contribution in [0.2, 0.25) is 0 Å². The Morgan fingerprint density at radius 3 is 2.56 bits per heavy atom. The summed E-state index contributed by atoms with van der Waals surface area (Å²) in [6, 6.07) is 5.11. The molecule has 1 rings (SSSR count). The number of rotatable bonds is 5. The zero-order chi connectivity index (χ0) is 13.8. The SMILES string of the molecule is Cc1ccc([C@H](C)N)c(OCOCC(F)(F)F)c1. The molecule has 0 saturated heterocycles. The van der Waals surface area contributed by atoms with E-state index >= 15 is 0 Å². The van der Waals surface area contributed by atoms with Gasteiger partial charge in [0.1, 0.15) is 12.4 Å². The van der Waals surface area contributed by atoms with Crippen LogP contribution in [0.25, 0.3) is 0 Å². The summed E-state index contributed by atoms with van der Waals surface area (Å²) in [5.74, 6) is 0.451. The molecule has 0 heterocycles. The molecule has 102 valence electrons. The summed E-state index contributed by atoms with van der Waals surface area (Å²) in [6.45, 7) is 1.84. The first-order chi connectivity index (χ1) is 8.29. The van der Waals surface area contributed by atoms with Crippen LogP contribution in [0.4, 0.5) is 13.2 Å². The lowest BCUT2D eigenvalue weighted by atomic mass is 10.1. The Labute approximate surface area is 104 Å². The number of aryl methyl sites for hydroxylation is 1. The van der Waals surface area contributed by atoms with E-state index in [-0.39, 0.29) is 6.04 Å². The first-order valence-electron chi connectivity index (χ1n) is 5.43. The fourth-order valence-corrected chi connectivity index (χ4v) is 1.41. The molecule has 0 saturated carbocycles. The summed E-state index contributed by atoms with van der Waals surface area (Å²) in [4.78, 5) is 0. The van der Waals surface area contributed by atoms with Gasteiger partial charge in [-0.15, -0.1) is 0 Å². The lowest BCUT2D eigenvalue weighted by Gasteiger charge is -2.15. The van der Waals surface area contributed by atoms with Crippen LogP contribution >= 0.6 is 0 Å². The molecule has 0 aromatic heterocycles. The molecular weight excluding hydrogens is 247 g/mol. The van der Waals surface area contributed by atoms with E-state index in [1.54, 1.807) is 19.1 Å². The van der Waals surface area contributed by atoms with Gasteiger partial charge in [0.25, 0.3) is 0 Å². The van der Waals surface area contributed by atoms with Crippen molar-refractivity contribution in [3.63, 3.8) is 0 Å². The molecule has 1 aromatic rings. The van der Waals surface area contributed by atoms with Crippen LogP contribution in [0, 0.1) is 6.92 Å². The summed E-state index contributed by atoms with van der Waals surface area (Å²) in [5.41, 5.74) is 7.41. The van der Waals surface area contributed by atoms with Gasteiger partial charge in [-0.1, -0.05) is 12.1 Å². The smallest absolute Gasteiger partial charge is 0.411 e. The van der Waals surface area contributed by atoms with Gasteiger partial charge in [-0.05, 0) is 25.5 Å². The van der Waals surface area contributed by atoms with Crippen LogP contribution in [-0.4, -0.2) is 19.6 Å². The Morgan fingerprint density at radius 2 is 2.00 bits per heavy atom. The fourth-order valence-electron chi connectivity index (χ4n) is 1.41. The molecule has 0 spiro atoms. The van der Waals surface area contributed by atoms with Crippen molar-refractivity contribution in [2.24, 2.45) is 5.73 Å². The third-order valence-electron chi connectivity index (χ3n) is 2.22. The molecular formula is C12H16F3NO2. The Hall–Kier alpha value is -1.27. The second-order valence-corrected chi connectivity index (χ2v) is 4.06. The molecule has 0 aliphatic heterocycles. The third-order valence-corrected chi connectivity index (χ3v) is 2.22. The number of ether oxygens (including phenoxy) is 2. The topological polar surface area (TPSA) is 44.5 Å². The zero-order valence-corrected chi connectivity index (χ0v) is 10.3. The number of halogens is 3. The van der Waals surface area contributed by atoms with Gasteiger partial charge in [0, 0.05) is 11.6 Å². The Morgan fingerprint density at radius 1 is 1.33 bits per heavy atom. The maximum Gasteiger partial charge on any atom is 0.411 e. The number of hydrogen-bond donors (Lipinski definition) is 1. The Balaban J connectivity index is 2.58. The molecule has 2 N–H and O–H groups in total. The summed E-state index contributed by atoms with van der Waals surface area (Å²) < 4.78 is 45.1. The monoisotopic (exact) mass is 263 g/mol. The molecule has 18 heavy (non-hydrogen) atoms. The van der Waals surface area contributed by atoms with Crippen molar-refractivity contribution >= 4 is 0 Å². The Bertz CT molecular complexity index is 391. The van der Waals surface area contributed by atoms with Gasteiger partial charge in [0.15, 0.2) is 6.79 Å². The predicted octanol–water partition coefficient (Wildman–Crippen LogP) is 2.93. The summed E-state index contributed by atoms with van der Waals surface area (Å²) in [6.07, 6.45) is -4.35. The quantitative estimate of drug-likeness (QED) is 0.656. The minimum absolute atomic E-state index is 0.261. The van der Waals surface area contributed by atoms with Crippen LogP contribution in [-0.2, 0) is 4.74 Å². The molecule has 1 atom stereocenters. The van der Waals surface area contributed by atoms with Gasteiger partial charge in [0.05, 0.1) is 0 Å². The summed E-state index contributed by atoms with van der Waals surface area (Å²) >= 11 is 0. The van der Waals surface area contributed by atoms with Gasteiger partial charge in [0.2, 0.25) is 0 Å². The molecule has 0 amide bonds. The second-order valence-electron chi connectivity index (χ2n) is 4.06. The highest BCUT2D eigenvalue weighted by Gasteiger charge is 2.27. The lowest BCUT2D eigenvalue weighted by molar-refractivity contribution is -0.186. The summed E-state index contributed by atoms with van der Waals surface area (Å²) in [5, 5.41) is 0. The van der Waals surface area contributed by atoms with E-state index in [9.17, 15) is 13.2 Å². The van der Waals surface area contributed by atoms with E-state index in [4.69, 9.17) is 10.5 Å². The van der Waals surface area contributed by atoms with Gasteiger partial charge in [-0.2, -0.15) is 13.2 Å². The fraction of sp³-hybridized carbons (Fsp3) is 0.500. The van der Waals surface area contributed by atoms with Crippen molar-refractivity contribution in [1.82, 2.24) is 0 Å². The highest BCUT2D eigenvalue weighted by molar-refractivity contribution is 5.38. The van der Waals surface area contributed by atoms with Crippen molar-refractivity contribution in [3.8, 4) is 5.75 Å². The van der Waals surface area contributed by atoms with Crippen molar-refractivity contribution < 1.29 is 22.6 Å². The highest BCUT2D eigenvalue weighted by Crippen LogP contribution is 2.25. The molecule has 0 radical (unpaired) electrons. The van der Waals surface area contributed by atoms with Gasteiger partial charge in [-0.25, -0.2) is 0 Å². The maximum absolute atomic E-state index is 11.9. The molecule has 3 nitrogen and oxygen atoms in total. The third kappa shape index (κ3) is 4.93. The number of nitrogens with two attached hydrogens (primary N) is 1. The van der Waals surface area contributed by atoms with Crippen molar-refractivity contribution in [2.75, 3.05) is 13.4 Å². The lowest BCUT2D eigenvalue weighted by Crippen LogP contribution is -2.19. The van der Waals surface area contributed by atoms with Gasteiger partial charge in [-0.3, -0.25) is 0 Å². The average molecular weight is 263 g/mol. The largest absolute Gasteiger partial charge is 0.467 e. The van der Waals surface area contributed by atoms with E-state index in [1.165, 1.54) is 0 Å². The standard InChI is InChI=1S/C12H16F3NO2/c1-8-3-4-10(9(2)16)11(5-8)18-7-17-6-12(13,14)15/h3-5,9H,6-7,16H2,1-2H3/t9-/m0/s1. The van der Waals surface area contributed by atoms with Crippen molar-refractivity contribution in [3.05, 3.63) is 29.3 Å². The van der Waals surface area contributed by atoms with Crippen molar-refractivity contribution in [1.29, 1.82) is 0 Å². The molecule has 0 fully saturated rings. The zero-order valence-electron chi connectivity index (χ0n) is 10.3. The molecule has 6 heteroatoms. The van der Waals surface area contributed by atoms with E-state index < -0.39 is 19.6 Å². The molecule has 1 aromatic carbocycles. The van der Waals surface area contributed by atoms with Crippen LogP contribution in [0.15, 0.2) is 18.2 Å². The van der Waals surface area contributed by atoms with Crippen LogP contribution in [0.5, 0.6) is 5.75 Å². The van der Waals surface area contributed by atoms with E-state index in [0.29, 0.717) is 5.75 Å². The first-order valence-corrected chi connectivity index (χ1v) is 5.43. The van der Waals surface area contributed by atoms with Crippen molar-refractivity contribution in [2.45, 2.75) is 26.1 Å². The second kappa shape index (κ2) is 6.06. The Kier molecular flexibility index (Phi) is 4.98. The normalized spacial score (nSPS) is 13.4. The van der Waals surface area contributed by atoms with E-state index in [2.05, 4.69) is 4.74 Å². The number of alkyl halides is 3. The average Bonchev–Trinajstić information content (AvgIpc) is 2.22.